The average Bonchev–Trinajstić information content (AvgIpc) is 3.38. The molecule has 1 aliphatic heterocycles. The first-order chi connectivity index (χ1) is 15.5. The fourth-order valence-electron chi connectivity index (χ4n) is 3.30. The Labute approximate surface area is 199 Å². The lowest BCUT2D eigenvalue weighted by Gasteiger charge is -2.33. The fraction of sp³-hybridized carbons (Fsp3) is 0.684. The standard InChI is InChI=1S/C18H28N4O3S.CHF3O3S/c1-10(2)13(19)17(25)21-16(24)12-6-5-8-22(12)14(11(3)4)15(23)18-20-7-9-26-18;2-1(3,4)8(5,6)7/h7,9-14H,5-6,8,19H2,1-4H3,(H,21,24,25);(H,5,6,7)/t12-,13-,14-;/m0./s1. The molecule has 0 unspecified atom stereocenters. The Bertz CT molecular complexity index is 952. The summed E-state index contributed by atoms with van der Waals surface area (Å²) in [6, 6.07) is -1.67. The van der Waals surface area contributed by atoms with Crippen LogP contribution in [-0.2, 0) is 19.7 Å². The van der Waals surface area contributed by atoms with E-state index in [0.717, 1.165) is 6.42 Å². The van der Waals surface area contributed by atoms with Crippen molar-refractivity contribution in [3.8, 4) is 0 Å². The van der Waals surface area contributed by atoms with Crippen molar-refractivity contribution >= 4 is 39.1 Å². The predicted molar refractivity (Wildman–Crippen MR) is 118 cm³/mol. The number of thiazole rings is 1. The number of amides is 2. The highest BCUT2D eigenvalue weighted by molar-refractivity contribution is 7.86. The largest absolute Gasteiger partial charge is 0.522 e. The third-order valence-electron chi connectivity index (χ3n) is 5.06. The number of alkyl halides is 3. The van der Waals surface area contributed by atoms with E-state index in [2.05, 4.69) is 10.3 Å². The highest BCUT2D eigenvalue weighted by Crippen LogP contribution is 2.27. The van der Waals surface area contributed by atoms with E-state index >= 15 is 0 Å². The molecule has 0 bridgehead atoms. The number of aromatic nitrogens is 1. The minimum absolute atomic E-state index is 0.0217. The number of hydrogen-bond acceptors (Lipinski definition) is 9. The molecular weight excluding hydrogens is 501 g/mol. The summed E-state index contributed by atoms with van der Waals surface area (Å²) in [5.74, 6) is -0.948. The summed E-state index contributed by atoms with van der Waals surface area (Å²) in [7, 11) is -5.84. The second-order valence-corrected chi connectivity index (χ2v) is 10.6. The van der Waals surface area contributed by atoms with E-state index in [1.807, 2.05) is 32.6 Å². The van der Waals surface area contributed by atoms with Gasteiger partial charge in [-0.3, -0.25) is 29.2 Å². The molecule has 0 spiro atoms. The van der Waals surface area contributed by atoms with E-state index < -0.39 is 39.7 Å². The molecule has 0 aliphatic carbocycles. The molecule has 0 saturated carbocycles. The van der Waals surface area contributed by atoms with Gasteiger partial charge in [-0.2, -0.15) is 21.6 Å². The number of likely N-dealkylation sites (tertiary alicyclic amines) is 1. The molecule has 10 nitrogen and oxygen atoms in total. The van der Waals surface area contributed by atoms with Crippen LogP contribution >= 0.6 is 11.3 Å². The van der Waals surface area contributed by atoms with Crippen LogP contribution in [0.4, 0.5) is 13.2 Å². The number of imide groups is 1. The van der Waals surface area contributed by atoms with Gasteiger partial charge in [0.2, 0.25) is 17.6 Å². The number of nitrogens with zero attached hydrogens (tertiary/aromatic N) is 2. The molecule has 1 fully saturated rings. The quantitative estimate of drug-likeness (QED) is 0.271. The smallest absolute Gasteiger partial charge is 0.320 e. The van der Waals surface area contributed by atoms with Crippen molar-refractivity contribution in [1.29, 1.82) is 0 Å². The summed E-state index contributed by atoms with van der Waals surface area (Å²) in [6.45, 7) is 8.23. The maximum absolute atomic E-state index is 12.9. The van der Waals surface area contributed by atoms with Crippen LogP contribution in [0.2, 0.25) is 0 Å². The number of hydrogen-bond donors (Lipinski definition) is 3. The van der Waals surface area contributed by atoms with Crippen LogP contribution in [-0.4, -0.2) is 70.6 Å². The van der Waals surface area contributed by atoms with E-state index in [1.54, 1.807) is 11.6 Å². The summed E-state index contributed by atoms with van der Waals surface area (Å²) in [4.78, 5) is 43.8. The third-order valence-corrected chi connectivity index (χ3v) is 6.43. The van der Waals surface area contributed by atoms with Gasteiger partial charge in [0.05, 0.1) is 18.1 Å². The van der Waals surface area contributed by atoms with Gasteiger partial charge >= 0.3 is 15.6 Å². The van der Waals surface area contributed by atoms with Crippen molar-refractivity contribution in [2.24, 2.45) is 17.6 Å². The Morgan fingerprint density at radius 1 is 1.24 bits per heavy atom. The van der Waals surface area contributed by atoms with Gasteiger partial charge < -0.3 is 5.73 Å². The van der Waals surface area contributed by atoms with Gasteiger partial charge in [-0.15, -0.1) is 11.3 Å². The monoisotopic (exact) mass is 530 g/mol. The summed E-state index contributed by atoms with van der Waals surface area (Å²) >= 11 is 1.30. The molecule has 1 aromatic heterocycles. The number of carbonyl (C=O) groups excluding carboxylic acids is 3. The summed E-state index contributed by atoms with van der Waals surface area (Å²) < 4.78 is 57.5. The van der Waals surface area contributed by atoms with Gasteiger partial charge in [0.25, 0.3) is 0 Å². The van der Waals surface area contributed by atoms with Crippen LogP contribution in [0.3, 0.4) is 0 Å². The molecule has 0 aromatic carbocycles. The molecule has 15 heteroatoms. The second kappa shape index (κ2) is 12.2. The Balaban J connectivity index is 0.000000620. The first kappa shape index (κ1) is 30.1. The molecule has 194 valence electrons. The molecule has 1 saturated heterocycles. The predicted octanol–water partition coefficient (Wildman–Crippen LogP) is 1.83. The fourth-order valence-corrected chi connectivity index (χ4v) is 3.91. The minimum Gasteiger partial charge on any atom is -0.320 e. The van der Waals surface area contributed by atoms with Crippen LogP contribution in [0.5, 0.6) is 0 Å². The number of nitrogens with two attached hydrogens (primary N) is 1. The van der Waals surface area contributed by atoms with E-state index in [9.17, 15) is 27.6 Å². The van der Waals surface area contributed by atoms with E-state index in [-0.39, 0.29) is 23.5 Å². The van der Waals surface area contributed by atoms with E-state index in [1.165, 1.54) is 11.3 Å². The zero-order valence-corrected chi connectivity index (χ0v) is 20.7. The Kier molecular flexibility index (Phi) is 10.8. The van der Waals surface area contributed by atoms with Crippen molar-refractivity contribution in [2.45, 2.75) is 64.2 Å². The van der Waals surface area contributed by atoms with Crippen molar-refractivity contribution in [1.82, 2.24) is 15.2 Å². The topological polar surface area (TPSA) is 160 Å². The minimum atomic E-state index is -5.84. The Hall–Kier alpha value is -1.94. The van der Waals surface area contributed by atoms with E-state index in [4.69, 9.17) is 18.7 Å². The van der Waals surface area contributed by atoms with Gasteiger partial charge in [-0.1, -0.05) is 27.7 Å². The zero-order chi connectivity index (χ0) is 26.4. The molecule has 2 rings (SSSR count). The van der Waals surface area contributed by atoms with Crippen LogP contribution < -0.4 is 11.1 Å². The van der Waals surface area contributed by atoms with Gasteiger partial charge in [0, 0.05) is 11.6 Å². The molecule has 34 heavy (non-hydrogen) atoms. The second-order valence-electron chi connectivity index (χ2n) is 8.33. The molecule has 0 radical (unpaired) electrons. The van der Waals surface area contributed by atoms with Crippen LogP contribution in [0.15, 0.2) is 11.6 Å². The first-order valence-electron chi connectivity index (χ1n) is 10.3. The van der Waals surface area contributed by atoms with Crippen molar-refractivity contribution in [3.05, 3.63) is 16.6 Å². The average molecular weight is 531 g/mol. The van der Waals surface area contributed by atoms with E-state index in [0.29, 0.717) is 18.0 Å². The molecule has 2 amide bonds. The van der Waals surface area contributed by atoms with Gasteiger partial charge in [0.1, 0.15) is 0 Å². The number of carbonyl (C=O) groups is 3. The summed E-state index contributed by atoms with van der Waals surface area (Å²) in [5.41, 5.74) is 0.288. The SMILES string of the molecule is CC(C)[C@H](N)C(=O)NC(=O)[C@@H]1CCCN1[C@H](C(=O)c1nccs1)C(C)C.O=S(=O)(O)C(F)(F)F. The van der Waals surface area contributed by atoms with Crippen molar-refractivity contribution in [3.63, 3.8) is 0 Å². The van der Waals surface area contributed by atoms with Crippen LogP contribution in [0.1, 0.15) is 50.3 Å². The molecular formula is C19H29F3N4O6S2. The Morgan fingerprint density at radius 2 is 1.79 bits per heavy atom. The molecule has 4 N–H and O–H groups in total. The normalized spacial score (nSPS) is 18.9. The Morgan fingerprint density at radius 3 is 2.21 bits per heavy atom. The third kappa shape index (κ3) is 8.08. The summed E-state index contributed by atoms with van der Waals surface area (Å²) in [6.07, 6.45) is 3.02. The maximum Gasteiger partial charge on any atom is 0.522 e. The van der Waals surface area contributed by atoms with Crippen molar-refractivity contribution < 1.29 is 40.5 Å². The number of nitrogens with one attached hydrogen (secondary N) is 1. The van der Waals surface area contributed by atoms with Gasteiger partial charge in [0.15, 0.2) is 5.01 Å². The number of ketones is 1. The number of halogens is 3. The number of rotatable bonds is 7. The molecule has 2 heterocycles. The number of Topliss-reactive ketones (excluding diaryl/α,β-unsaturated/α-hetero) is 1. The molecule has 1 aliphatic rings. The molecule has 3 atom stereocenters. The lowest BCUT2D eigenvalue weighted by atomic mass is 9.97. The first-order valence-corrected chi connectivity index (χ1v) is 12.6. The van der Waals surface area contributed by atoms with Crippen LogP contribution in [0, 0.1) is 11.8 Å². The van der Waals surface area contributed by atoms with Gasteiger partial charge in [-0.25, -0.2) is 4.98 Å². The lowest BCUT2D eigenvalue weighted by Crippen LogP contribution is -2.55. The maximum atomic E-state index is 12.9. The van der Waals surface area contributed by atoms with Crippen LogP contribution in [0.25, 0.3) is 0 Å². The van der Waals surface area contributed by atoms with Gasteiger partial charge in [-0.05, 0) is 31.2 Å². The zero-order valence-electron chi connectivity index (χ0n) is 19.1. The lowest BCUT2D eigenvalue weighted by molar-refractivity contribution is -0.134. The highest BCUT2D eigenvalue weighted by atomic mass is 32.2. The highest BCUT2D eigenvalue weighted by Gasteiger charge is 2.44. The van der Waals surface area contributed by atoms with Crippen molar-refractivity contribution in [2.75, 3.05) is 6.54 Å². The molecule has 1 aromatic rings. The summed E-state index contributed by atoms with van der Waals surface area (Å²) in [5, 5.41) is 4.65.